The smallest absolute Gasteiger partial charge is 0.267 e. The van der Waals surface area contributed by atoms with Crippen LogP contribution >= 0.6 is 23.6 Å². The zero-order chi connectivity index (χ0) is 17.7. The fourth-order valence-electron chi connectivity index (χ4n) is 3.32. The molecule has 1 N–H and O–H groups in total. The van der Waals surface area contributed by atoms with E-state index in [4.69, 9.17) is 17.0 Å². The summed E-state index contributed by atoms with van der Waals surface area (Å²) >= 11 is 7.06. The molecule has 0 aliphatic carbocycles. The normalized spacial score (nSPS) is 17.2. The number of rotatable bonds is 2. The van der Waals surface area contributed by atoms with E-state index in [9.17, 15) is 4.79 Å². The summed E-state index contributed by atoms with van der Waals surface area (Å²) in [6.45, 7) is 6.91. The van der Waals surface area contributed by atoms with Crippen LogP contribution in [-0.4, -0.2) is 15.7 Å². The van der Waals surface area contributed by atoms with Crippen LogP contribution in [0.15, 0.2) is 29.1 Å². The minimum Gasteiger partial charge on any atom is -0.372 e. The Bertz CT molecular complexity index is 1060. The number of hydrogen-bond acceptors (Lipinski definition) is 4. The molecule has 4 rings (SSSR count). The minimum absolute atomic E-state index is 0.0375. The Morgan fingerprint density at radius 3 is 2.72 bits per heavy atom. The molecule has 0 fully saturated rings. The van der Waals surface area contributed by atoms with Crippen molar-refractivity contribution in [3.63, 3.8) is 0 Å². The van der Waals surface area contributed by atoms with Crippen molar-refractivity contribution in [1.82, 2.24) is 9.55 Å². The molecule has 0 spiro atoms. The maximum atomic E-state index is 13.3. The molecule has 3 heterocycles. The Morgan fingerprint density at radius 1 is 1.32 bits per heavy atom. The van der Waals surface area contributed by atoms with E-state index in [1.807, 2.05) is 31.2 Å². The van der Waals surface area contributed by atoms with Crippen LogP contribution < -0.4 is 5.56 Å². The average molecular weight is 373 g/mol. The van der Waals surface area contributed by atoms with Crippen LogP contribution in [0.2, 0.25) is 0 Å². The lowest BCUT2D eigenvalue weighted by Gasteiger charge is -2.26. The summed E-state index contributed by atoms with van der Waals surface area (Å²) in [5.41, 5.74) is 3.04. The summed E-state index contributed by atoms with van der Waals surface area (Å²) in [5, 5.41) is 0.767. The standard InChI is InChI=1S/C19H20N2O2S2/c1-10(2)14-8-13-15(9-23-14)25-17-16(13)18(22)21(19(24)20-17)12-6-4-11(3)5-7-12/h4-7,10,14H,8-9H2,1-3H3,(H,20,24)/t14-/m0/s1. The maximum Gasteiger partial charge on any atom is 0.267 e. The highest BCUT2D eigenvalue weighted by atomic mass is 32.1. The van der Waals surface area contributed by atoms with Gasteiger partial charge in [-0.2, -0.15) is 0 Å². The third-order valence-corrected chi connectivity index (χ3v) is 6.21. The van der Waals surface area contributed by atoms with Crippen molar-refractivity contribution in [2.75, 3.05) is 0 Å². The van der Waals surface area contributed by atoms with Gasteiger partial charge in [-0.1, -0.05) is 31.5 Å². The van der Waals surface area contributed by atoms with Gasteiger partial charge in [0.05, 0.1) is 23.8 Å². The lowest BCUT2D eigenvalue weighted by Crippen LogP contribution is -2.28. The Morgan fingerprint density at radius 2 is 2.04 bits per heavy atom. The van der Waals surface area contributed by atoms with E-state index < -0.39 is 0 Å². The minimum atomic E-state index is -0.0375. The zero-order valence-corrected chi connectivity index (χ0v) is 16.1. The van der Waals surface area contributed by atoms with E-state index in [0.29, 0.717) is 17.3 Å². The molecule has 4 nitrogen and oxygen atoms in total. The molecule has 1 aliphatic heterocycles. The van der Waals surface area contributed by atoms with Crippen LogP contribution in [0.4, 0.5) is 0 Å². The number of nitrogens with one attached hydrogen (secondary N) is 1. The highest BCUT2D eigenvalue weighted by Crippen LogP contribution is 2.35. The molecule has 25 heavy (non-hydrogen) atoms. The summed E-state index contributed by atoms with van der Waals surface area (Å²) in [7, 11) is 0. The summed E-state index contributed by atoms with van der Waals surface area (Å²) in [5.74, 6) is 0.421. The number of H-pyrrole nitrogens is 1. The van der Waals surface area contributed by atoms with Crippen molar-refractivity contribution in [3.05, 3.63) is 55.4 Å². The highest BCUT2D eigenvalue weighted by Gasteiger charge is 2.27. The van der Waals surface area contributed by atoms with Crippen molar-refractivity contribution in [2.45, 2.75) is 39.9 Å². The van der Waals surface area contributed by atoms with E-state index >= 15 is 0 Å². The fourth-order valence-corrected chi connectivity index (χ4v) is 4.81. The largest absolute Gasteiger partial charge is 0.372 e. The van der Waals surface area contributed by atoms with E-state index in [-0.39, 0.29) is 11.7 Å². The number of hydrogen-bond donors (Lipinski definition) is 1. The Kier molecular flexibility index (Phi) is 4.14. The first-order valence-electron chi connectivity index (χ1n) is 8.44. The van der Waals surface area contributed by atoms with E-state index in [2.05, 4.69) is 18.8 Å². The Labute approximate surface area is 155 Å². The number of nitrogens with zero attached hydrogens (tertiary/aromatic N) is 1. The van der Waals surface area contributed by atoms with Gasteiger partial charge in [-0.05, 0) is 42.8 Å². The number of fused-ring (bicyclic) bond motifs is 3. The second-order valence-corrected chi connectivity index (χ2v) is 8.40. The average Bonchev–Trinajstić information content (AvgIpc) is 2.93. The van der Waals surface area contributed by atoms with Gasteiger partial charge in [-0.25, -0.2) is 0 Å². The van der Waals surface area contributed by atoms with Crippen LogP contribution in [0.1, 0.15) is 29.9 Å². The summed E-state index contributed by atoms with van der Waals surface area (Å²) in [6.07, 6.45) is 0.932. The lowest BCUT2D eigenvalue weighted by atomic mass is 9.96. The van der Waals surface area contributed by atoms with Gasteiger partial charge in [0.15, 0.2) is 4.77 Å². The zero-order valence-electron chi connectivity index (χ0n) is 14.5. The number of aromatic amines is 1. The molecular formula is C19H20N2O2S2. The molecule has 0 bridgehead atoms. The lowest BCUT2D eigenvalue weighted by molar-refractivity contribution is 0.00200. The number of benzene rings is 1. The molecule has 0 radical (unpaired) electrons. The first-order chi connectivity index (χ1) is 12.0. The Balaban J connectivity index is 1.96. The van der Waals surface area contributed by atoms with Crippen molar-refractivity contribution >= 4 is 33.8 Å². The summed E-state index contributed by atoms with van der Waals surface area (Å²) in [4.78, 5) is 18.5. The molecule has 130 valence electrons. The number of thiophene rings is 1. The molecule has 3 aromatic rings. The van der Waals surface area contributed by atoms with E-state index in [0.717, 1.165) is 38.3 Å². The van der Waals surface area contributed by atoms with Gasteiger partial charge in [0.2, 0.25) is 0 Å². The topological polar surface area (TPSA) is 47.0 Å². The molecule has 0 amide bonds. The molecular weight excluding hydrogens is 352 g/mol. The van der Waals surface area contributed by atoms with Crippen LogP contribution in [0, 0.1) is 17.6 Å². The number of aryl methyl sites for hydroxylation is 1. The fraction of sp³-hybridized carbons (Fsp3) is 0.368. The van der Waals surface area contributed by atoms with Gasteiger partial charge in [0.25, 0.3) is 5.56 Å². The van der Waals surface area contributed by atoms with Gasteiger partial charge < -0.3 is 9.72 Å². The van der Waals surface area contributed by atoms with Crippen LogP contribution in [0.25, 0.3) is 15.9 Å². The molecule has 1 aromatic carbocycles. The van der Waals surface area contributed by atoms with Gasteiger partial charge in [0, 0.05) is 11.3 Å². The highest BCUT2D eigenvalue weighted by molar-refractivity contribution is 7.71. The monoisotopic (exact) mass is 372 g/mol. The van der Waals surface area contributed by atoms with Crippen molar-refractivity contribution in [1.29, 1.82) is 0 Å². The number of ether oxygens (including phenoxy) is 1. The van der Waals surface area contributed by atoms with Crippen LogP contribution in [0.5, 0.6) is 0 Å². The van der Waals surface area contributed by atoms with Crippen LogP contribution in [0.3, 0.4) is 0 Å². The predicted octanol–water partition coefficient (Wildman–Crippen LogP) is 4.52. The number of aromatic nitrogens is 2. The molecule has 2 aromatic heterocycles. The second kappa shape index (κ2) is 6.20. The second-order valence-electron chi connectivity index (χ2n) is 6.91. The van der Waals surface area contributed by atoms with E-state index in [1.165, 1.54) is 0 Å². The van der Waals surface area contributed by atoms with Crippen LogP contribution in [-0.2, 0) is 17.8 Å². The molecule has 0 saturated carbocycles. The molecule has 0 saturated heterocycles. The van der Waals surface area contributed by atoms with Gasteiger partial charge in [-0.15, -0.1) is 11.3 Å². The SMILES string of the molecule is Cc1ccc(-n2c(=S)[nH]c3sc4c(c3c2=O)C[C@@H](C(C)C)OC4)cc1. The third kappa shape index (κ3) is 2.78. The first kappa shape index (κ1) is 16.7. The quantitative estimate of drug-likeness (QED) is 0.673. The Hall–Kier alpha value is -1.76. The molecule has 0 unspecified atom stereocenters. The van der Waals surface area contributed by atoms with Crippen molar-refractivity contribution in [3.8, 4) is 5.69 Å². The maximum absolute atomic E-state index is 13.3. The van der Waals surface area contributed by atoms with Gasteiger partial charge in [-0.3, -0.25) is 9.36 Å². The molecule has 1 aliphatic rings. The molecule has 1 atom stereocenters. The first-order valence-corrected chi connectivity index (χ1v) is 9.66. The molecule has 6 heteroatoms. The third-order valence-electron chi connectivity index (χ3n) is 4.80. The van der Waals surface area contributed by atoms with Crippen molar-refractivity contribution in [2.24, 2.45) is 5.92 Å². The summed E-state index contributed by atoms with van der Waals surface area (Å²) in [6, 6.07) is 7.86. The van der Waals surface area contributed by atoms with E-state index in [1.54, 1.807) is 15.9 Å². The summed E-state index contributed by atoms with van der Waals surface area (Å²) < 4.78 is 7.99. The predicted molar refractivity (Wildman–Crippen MR) is 104 cm³/mol. The van der Waals surface area contributed by atoms with Gasteiger partial charge >= 0.3 is 0 Å². The van der Waals surface area contributed by atoms with Crippen molar-refractivity contribution < 1.29 is 4.74 Å². The van der Waals surface area contributed by atoms with Gasteiger partial charge in [0.1, 0.15) is 4.83 Å².